The summed E-state index contributed by atoms with van der Waals surface area (Å²) in [5.74, 6) is 0.918. The third-order valence-corrected chi connectivity index (χ3v) is 2.91. The maximum absolute atomic E-state index is 12.7. The number of ether oxygens (including phenoxy) is 2. The number of halogens is 2. The normalized spacial score (nSPS) is 10.8. The van der Waals surface area contributed by atoms with Crippen LogP contribution in [-0.2, 0) is 11.4 Å². The number of rotatable bonds is 5. The smallest absolute Gasteiger partial charge is 0.219 e. The van der Waals surface area contributed by atoms with Crippen molar-refractivity contribution in [2.45, 2.75) is 6.67 Å². The Labute approximate surface area is 121 Å². The van der Waals surface area contributed by atoms with Crippen molar-refractivity contribution in [3.05, 3.63) is 58.9 Å². The van der Waals surface area contributed by atoms with E-state index in [2.05, 4.69) is 4.98 Å². The molecule has 0 radical (unpaired) electrons. The van der Waals surface area contributed by atoms with Crippen LogP contribution >= 0.6 is 11.6 Å². The summed E-state index contributed by atoms with van der Waals surface area (Å²) in [4.78, 5) is 4.15. The summed E-state index contributed by atoms with van der Waals surface area (Å²) in [6.45, 7) is -0.635. The van der Waals surface area contributed by atoms with Gasteiger partial charge < -0.3 is 9.47 Å². The molecule has 5 heteroatoms. The minimum absolute atomic E-state index is 0.382. The van der Waals surface area contributed by atoms with Crippen LogP contribution < -0.4 is 4.74 Å². The Morgan fingerprint density at radius 3 is 2.80 bits per heavy atom. The van der Waals surface area contributed by atoms with Gasteiger partial charge in [-0.25, -0.2) is 9.37 Å². The van der Waals surface area contributed by atoms with E-state index in [1.807, 2.05) is 6.07 Å². The average molecular weight is 294 g/mol. The molecule has 3 nitrogen and oxygen atoms in total. The second-order valence-electron chi connectivity index (χ2n) is 3.96. The van der Waals surface area contributed by atoms with Crippen LogP contribution in [0.1, 0.15) is 11.1 Å². The number of hydrogen-bond acceptors (Lipinski definition) is 3. The lowest BCUT2D eigenvalue weighted by Gasteiger charge is -2.07. The molecule has 0 bridgehead atoms. The average Bonchev–Trinajstić information content (AvgIpc) is 2.48. The van der Waals surface area contributed by atoms with Crippen LogP contribution in [0.25, 0.3) is 6.08 Å². The third-order valence-electron chi connectivity index (χ3n) is 2.54. The van der Waals surface area contributed by atoms with E-state index in [4.69, 9.17) is 21.1 Å². The highest BCUT2D eigenvalue weighted by Gasteiger charge is 2.04. The molecule has 0 atom stereocenters. The van der Waals surface area contributed by atoms with Crippen LogP contribution in [0.4, 0.5) is 4.39 Å². The number of aromatic nitrogens is 1. The molecule has 0 saturated heterocycles. The highest BCUT2D eigenvalue weighted by atomic mass is 35.5. The highest BCUT2D eigenvalue weighted by molar-refractivity contribution is 6.31. The summed E-state index contributed by atoms with van der Waals surface area (Å²) < 4.78 is 23.1. The maximum atomic E-state index is 12.7. The molecule has 0 aliphatic rings. The summed E-state index contributed by atoms with van der Waals surface area (Å²) >= 11 is 5.84. The molecule has 0 unspecified atom stereocenters. The topological polar surface area (TPSA) is 31.4 Å². The summed E-state index contributed by atoms with van der Waals surface area (Å²) in [5.41, 5.74) is 1.28. The predicted octanol–water partition coefficient (Wildman–Crippen LogP) is 4.61. The van der Waals surface area contributed by atoms with E-state index in [1.54, 1.807) is 49.9 Å². The molecule has 1 heterocycles. The standard InChI is InChI=1S/C15H13ClFNO2/c1-19-7-6-11-2-5-15(18-10-11)20-13-3-4-14(16)12(8-13)9-17/h2-8,10H,9H2,1H3. The zero-order valence-electron chi connectivity index (χ0n) is 10.8. The SMILES string of the molecule is COC=Cc1ccc(Oc2ccc(Cl)c(CF)c2)nc1. The van der Waals surface area contributed by atoms with Crippen LogP contribution in [-0.4, -0.2) is 12.1 Å². The molecule has 0 saturated carbocycles. The molecular formula is C15H13ClFNO2. The number of hydrogen-bond donors (Lipinski definition) is 0. The van der Waals surface area contributed by atoms with Gasteiger partial charge in [0.25, 0.3) is 0 Å². The minimum atomic E-state index is -0.635. The predicted molar refractivity (Wildman–Crippen MR) is 76.6 cm³/mol. The summed E-state index contributed by atoms with van der Waals surface area (Å²) in [7, 11) is 1.57. The van der Waals surface area contributed by atoms with Crippen molar-refractivity contribution < 1.29 is 13.9 Å². The fourth-order valence-electron chi connectivity index (χ4n) is 1.54. The lowest BCUT2D eigenvalue weighted by Crippen LogP contribution is -1.90. The first kappa shape index (κ1) is 14.3. The van der Waals surface area contributed by atoms with Gasteiger partial charge in [-0.05, 0) is 35.9 Å². The molecule has 1 aromatic carbocycles. The van der Waals surface area contributed by atoms with E-state index < -0.39 is 6.67 Å². The fourth-order valence-corrected chi connectivity index (χ4v) is 1.70. The molecule has 1 aromatic heterocycles. The van der Waals surface area contributed by atoms with Gasteiger partial charge in [0.15, 0.2) is 0 Å². The van der Waals surface area contributed by atoms with E-state index in [-0.39, 0.29) is 0 Å². The number of nitrogens with zero attached hydrogens (tertiary/aromatic N) is 1. The molecule has 2 aromatic rings. The molecular weight excluding hydrogens is 281 g/mol. The van der Waals surface area contributed by atoms with Crippen molar-refractivity contribution in [3.63, 3.8) is 0 Å². The zero-order valence-corrected chi connectivity index (χ0v) is 11.6. The summed E-state index contributed by atoms with van der Waals surface area (Å²) in [6, 6.07) is 8.38. The van der Waals surface area contributed by atoms with Crippen molar-refractivity contribution in [1.29, 1.82) is 0 Å². The number of benzene rings is 1. The van der Waals surface area contributed by atoms with Crippen LogP contribution in [0, 0.1) is 0 Å². The van der Waals surface area contributed by atoms with Crippen molar-refractivity contribution in [2.24, 2.45) is 0 Å². The molecule has 104 valence electrons. The maximum Gasteiger partial charge on any atom is 0.219 e. The number of methoxy groups -OCH3 is 1. The Kier molecular flexibility index (Phi) is 4.96. The Balaban J connectivity index is 2.11. The van der Waals surface area contributed by atoms with Gasteiger partial charge in [-0.3, -0.25) is 0 Å². The summed E-state index contributed by atoms with van der Waals surface area (Å²) in [6.07, 6.45) is 4.99. The van der Waals surface area contributed by atoms with E-state index in [9.17, 15) is 4.39 Å². The van der Waals surface area contributed by atoms with Crippen molar-refractivity contribution in [2.75, 3.05) is 7.11 Å². The molecule has 2 rings (SSSR count). The van der Waals surface area contributed by atoms with Gasteiger partial charge in [0.1, 0.15) is 12.4 Å². The lowest BCUT2D eigenvalue weighted by atomic mass is 10.2. The molecule has 0 aliphatic heterocycles. The molecule has 0 aliphatic carbocycles. The quantitative estimate of drug-likeness (QED) is 0.754. The van der Waals surface area contributed by atoms with Gasteiger partial charge in [0.2, 0.25) is 5.88 Å². The first-order valence-corrected chi connectivity index (χ1v) is 6.28. The molecule has 0 fully saturated rings. The second kappa shape index (κ2) is 6.91. The van der Waals surface area contributed by atoms with Gasteiger partial charge in [-0.1, -0.05) is 11.6 Å². The number of pyridine rings is 1. The molecule has 20 heavy (non-hydrogen) atoms. The lowest BCUT2D eigenvalue weighted by molar-refractivity contribution is 0.341. The highest BCUT2D eigenvalue weighted by Crippen LogP contribution is 2.26. The number of alkyl halides is 1. The van der Waals surface area contributed by atoms with Crippen molar-refractivity contribution >= 4 is 17.7 Å². The van der Waals surface area contributed by atoms with Gasteiger partial charge in [-0.15, -0.1) is 0 Å². The fraction of sp³-hybridized carbons (Fsp3) is 0.133. The Morgan fingerprint density at radius 1 is 1.30 bits per heavy atom. The van der Waals surface area contributed by atoms with Crippen molar-refractivity contribution in [1.82, 2.24) is 4.98 Å². The van der Waals surface area contributed by atoms with Gasteiger partial charge in [-0.2, -0.15) is 0 Å². The second-order valence-corrected chi connectivity index (χ2v) is 4.36. The minimum Gasteiger partial charge on any atom is -0.504 e. The van der Waals surface area contributed by atoms with Gasteiger partial charge >= 0.3 is 0 Å². The van der Waals surface area contributed by atoms with E-state index in [1.165, 1.54) is 0 Å². The van der Waals surface area contributed by atoms with Crippen molar-refractivity contribution in [3.8, 4) is 11.6 Å². The Hall–Kier alpha value is -2.07. The molecule has 0 spiro atoms. The first-order valence-electron chi connectivity index (χ1n) is 5.90. The van der Waals surface area contributed by atoms with Gasteiger partial charge in [0, 0.05) is 22.8 Å². The van der Waals surface area contributed by atoms with E-state index in [0.29, 0.717) is 22.2 Å². The molecule has 0 N–H and O–H groups in total. The largest absolute Gasteiger partial charge is 0.504 e. The van der Waals surface area contributed by atoms with E-state index in [0.717, 1.165) is 5.56 Å². The van der Waals surface area contributed by atoms with Crippen LogP contribution in [0.2, 0.25) is 5.02 Å². The first-order chi connectivity index (χ1) is 9.72. The Bertz CT molecular complexity index is 599. The molecule has 0 amide bonds. The zero-order chi connectivity index (χ0) is 14.4. The van der Waals surface area contributed by atoms with Gasteiger partial charge in [0.05, 0.1) is 13.4 Å². The van der Waals surface area contributed by atoms with Crippen LogP contribution in [0.3, 0.4) is 0 Å². The van der Waals surface area contributed by atoms with Crippen LogP contribution in [0.5, 0.6) is 11.6 Å². The monoisotopic (exact) mass is 293 g/mol. The third kappa shape index (κ3) is 3.71. The summed E-state index contributed by atoms with van der Waals surface area (Å²) in [5, 5.41) is 0.382. The van der Waals surface area contributed by atoms with E-state index >= 15 is 0 Å². The van der Waals surface area contributed by atoms with Crippen LogP contribution in [0.15, 0.2) is 42.8 Å². The Morgan fingerprint density at radius 2 is 2.15 bits per heavy atom.